The van der Waals surface area contributed by atoms with Crippen LogP contribution >= 0.6 is 11.8 Å². The van der Waals surface area contributed by atoms with Crippen molar-refractivity contribution < 1.29 is 8.42 Å². The maximum atomic E-state index is 11.7. The third-order valence-electron chi connectivity index (χ3n) is 3.34. The first-order valence-corrected chi connectivity index (χ1v) is 9.49. The van der Waals surface area contributed by atoms with Gasteiger partial charge >= 0.3 is 0 Å². The normalized spacial score (nSPS) is 14.6. The largest absolute Gasteiger partial charge is 0.318 e. The maximum Gasteiger partial charge on any atom is 0.185 e. The highest BCUT2D eigenvalue weighted by Gasteiger charge is 2.23. The van der Waals surface area contributed by atoms with E-state index in [-0.39, 0.29) is 4.91 Å². The van der Waals surface area contributed by atoms with Crippen molar-refractivity contribution in [1.29, 1.82) is 5.26 Å². The average molecular weight is 331 g/mol. The lowest BCUT2D eigenvalue weighted by Gasteiger charge is -2.04. The van der Waals surface area contributed by atoms with Gasteiger partial charge in [-0.3, -0.25) is 0 Å². The van der Waals surface area contributed by atoms with Gasteiger partial charge in [0.1, 0.15) is 11.0 Å². The number of fused-ring (bicyclic) bond motifs is 1. The van der Waals surface area contributed by atoms with Crippen molar-refractivity contribution >= 4 is 27.7 Å². The van der Waals surface area contributed by atoms with Crippen LogP contribution < -0.4 is 0 Å². The third kappa shape index (κ3) is 2.67. The molecule has 22 heavy (non-hydrogen) atoms. The first-order chi connectivity index (χ1) is 10.5. The lowest BCUT2D eigenvalue weighted by atomic mass is 10.1. The average Bonchev–Trinajstić information content (AvgIpc) is 3.05. The molecule has 0 bridgehead atoms. The predicted octanol–water partition coefficient (Wildman–Crippen LogP) is 2.56. The summed E-state index contributed by atoms with van der Waals surface area (Å²) in [4.78, 5) is 4.36. The van der Waals surface area contributed by atoms with E-state index in [9.17, 15) is 8.42 Å². The summed E-state index contributed by atoms with van der Waals surface area (Å²) in [5, 5.41) is 10.00. The summed E-state index contributed by atoms with van der Waals surface area (Å²) in [6, 6.07) is 11.3. The highest BCUT2D eigenvalue weighted by atomic mass is 32.2. The lowest BCUT2D eigenvalue weighted by molar-refractivity contribution is 0.609. The quantitative estimate of drug-likeness (QED) is 0.808. The molecule has 1 aliphatic rings. The zero-order chi connectivity index (χ0) is 15.7. The molecule has 2 aromatic rings. The SMILES string of the molecule is CS(=O)(=O)C(C#N)=Cc1c(-c2ccccc2)nc2n1CCS2. The summed E-state index contributed by atoms with van der Waals surface area (Å²) in [5.41, 5.74) is 2.29. The summed E-state index contributed by atoms with van der Waals surface area (Å²) in [5.74, 6) is 0.902. The molecule has 0 N–H and O–H groups in total. The van der Waals surface area contributed by atoms with Gasteiger partial charge < -0.3 is 4.57 Å². The molecular formula is C15H13N3O2S2. The zero-order valence-electron chi connectivity index (χ0n) is 11.9. The van der Waals surface area contributed by atoms with Gasteiger partial charge in [-0.2, -0.15) is 5.26 Å². The van der Waals surface area contributed by atoms with E-state index in [1.54, 1.807) is 17.8 Å². The van der Waals surface area contributed by atoms with Crippen LogP contribution in [0.5, 0.6) is 0 Å². The van der Waals surface area contributed by atoms with Crippen LogP contribution in [0.2, 0.25) is 0 Å². The molecule has 3 rings (SSSR count). The molecular weight excluding hydrogens is 318 g/mol. The molecule has 1 aromatic heterocycles. The molecule has 7 heteroatoms. The van der Waals surface area contributed by atoms with Crippen molar-refractivity contribution in [3.8, 4) is 17.3 Å². The molecule has 0 radical (unpaired) electrons. The van der Waals surface area contributed by atoms with Gasteiger partial charge in [-0.25, -0.2) is 13.4 Å². The molecule has 0 aliphatic carbocycles. The second-order valence-electron chi connectivity index (χ2n) is 4.89. The van der Waals surface area contributed by atoms with E-state index >= 15 is 0 Å². The molecule has 0 atom stereocenters. The van der Waals surface area contributed by atoms with Gasteiger partial charge in [-0.15, -0.1) is 0 Å². The number of nitrogens with zero attached hydrogens (tertiary/aromatic N) is 3. The standard InChI is InChI=1S/C15H13N3O2S2/c1-22(19,20)12(10-16)9-13-14(11-5-3-2-4-6-11)17-15-18(13)7-8-21-15/h2-6,9H,7-8H2,1H3. The van der Waals surface area contributed by atoms with Crippen LogP contribution in [-0.4, -0.2) is 30.0 Å². The molecule has 112 valence electrons. The van der Waals surface area contributed by atoms with Crippen molar-refractivity contribution in [3.05, 3.63) is 40.9 Å². The van der Waals surface area contributed by atoms with Crippen LogP contribution in [-0.2, 0) is 16.4 Å². The van der Waals surface area contributed by atoms with Crippen molar-refractivity contribution in [3.63, 3.8) is 0 Å². The number of sulfone groups is 1. The highest BCUT2D eigenvalue weighted by Crippen LogP contribution is 2.34. The third-order valence-corrected chi connectivity index (χ3v) is 5.31. The zero-order valence-corrected chi connectivity index (χ0v) is 13.5. The first-order valence-electron chi connectivity index (χ1n) is 6.61. The van der Waals surface area contributed by atoms with Crippen molar-refractivity contribution in [2.24, 2.45) is 0 Å². The van der Waals surface area contributed by atoms with Gasteiger partial charge in [0.05, 0.1) is 11.4 Å². The van der Waals surface area contributed by atoms with Crippen molar-refractivity contribution in [2.75, 3.05) is 12.0 Å². The Morgan fingerprint density at radius 3 is 2.77 bits per heavy atom. The molecule has 1 aliphatic heterocycles. The molecule has 0 spiro atoms. The summed E-state index contributed by atoms with van der Waals surface area (Å²) >= 11 is 1.63. The molecule has 0 saturated heterocycles. The van der Waals surface area contributed by atoms with Gasteiger partial charge in [0.25, 0.3) is 0 Å². The number of hydrogen-bond acceptors (Lipinski definition) is 5. The molecule has 0 amide bonds. The fraction of sp³-hybridized carbons (Fsp3) is 0.200. The molecule has 0 fully saturated rings. The van der Waals surface area contributed by atoms with Gasteiger partial charge in [0.2, 0.25) is 0 Å². The Labute approximate surface area is 133 Å². The minimum absolute atomic E-state index is 0.246. The van der Waals surface area contributed by atoms with Crippen LogP contribution in [0.25, 0.3) is 17.3 Å². The lowest BCUT2D eigenvalue weighted by Crippen LogP contribution is -2.02. The fourth-order valence-electron chi connectivity index (χ4n) is 2.30. The minimum atomic E-state index is -3.56. The maximum absolute atomic E-state index is 11.7. The second-order valence-corrected chi connectivity index (χ2v) is 7.93. The Morgan fingerprint density at radius 2 is 2.14 bits per heavy atom. The predicted molar refractivity (Wildman–Crippen MR) is 86.8 cm³/mol. The van der Waals surface area contributed by atoms with Crippen LogP contribution in [0.1, 0.15) is 5.69 Å². The molecule has 5 nitrogen and oxygen atoms in total. The summed E-state index contributed by atoms with van der Waals surface area (Å²) < 4.78 is 25.4. The second kappa shape index (κ2) is 5.63. The van der Waals surface area contributed by atoms with E-state index in [0.717, 1.165) is 29.3 Å². The number of hydrogen-bond donors (Lipinski definition) is 0. The van der Waals surface area contributed by atoms with E-state index in [2.05, 4.69) is 4.98 Å². The van der Waals surface area contributed by atoms with Gasteiger partial charge in [0.15, 0.2) is 15.0 Å². The smallest absolute Gasteiger partial charge is 0.185 e. The number of imidazole rings is 1. The Morgan fingerprint density at radius 1 is 1.41 bits per heavy atom. The fourth-order valence-corrected chi connectivity index (χ4v) is 3.75. The van der Waals surface area contributed by atoms with E-state index < -0.39 is 9.84 Å². The highest BCUT2D eigenvalue weighted by molar-refractivity contribution is 7.99. The Balaban J connectivity index is 2.23. The number of rotatable bonds is 3. The van der Waals surface area contributed by atoms with Gasteiger partial charge in [-0.1, -0.05) is 42.1 Å². The van der Waals surface area contributed by atoms with Crippen LogP contribution in [0.4, 0.5) is 0 Å². The van der Waals surface area contributed by atoms with E-state index in [1.165, 1.54) is 6.08 Å². The van der Waals surface area contributed by atoms with E-state index in [4.69, 9.17) is 5.26 Å². The molecule has 2 heterocycles. The molecule has 0 saturated carbocycles. The van der Waals surface area contributed by atoms with Crippen LogP contribution in [0.3, 0.4) is 0 Å². The molecule has 0 unspecified atom stereocenters. The van der Waals surface area contributed by atoms with E-state index in [0.29, 0.717) is 11.4 Å². The number of thioether (sulfide) groups is 1. The van der Waals surface area contributed by atoms with E-state index in [1.807, 2.05) is 34.9 Å². The first kappa shape index (κ1) is 14.9. The summed E-state index contributed by atoms with van der Waals surface area (Å²) in [6.45, 7) is 0.758. The van der Waals surface area contributed by atoms with Crippen LogP contribution in [0, 0.1) is 11.3 Å². The Hall–Kier alpha value is -2.04. The van der Waals surface area contributed by atoms with Gasteiger partial charge in [0, 0.05) is 24.1 Å². The number of aromatic nitrogens is 2. The Bertz CT molecular complexity index is 891. The Kier molecular flexibility index (Phi) is 3.81. The summed E-state index contributed by atoms with van der Waals surface area (Å²) in [6.07, 6.45) is 2.47. The number of allylic oxidation sites excluding steroid dienone is 1. The number of nitriles is 1. The minimum Gasteiger partial charge on any atom is -0.318 e. The van der Waals surface area contributed by atoms with Crippen molar-refractivity contribution in [1.82, 2.24) is 9.55 Å². The molecule has 1 aromatic carbocycles. The number of benzene rings is 1. The van der Waals surface area contributed by atoms with Gasteiger partial charge in [-0.05, 0) is 6.08 Å². The van der Waals surface area contributed by atoms with Crippen LogP contribution in [0.15, 0.2) is 40.4 Å². The summed E-state index contributed by atoms with van der Waals surface area (Å²) in [7, 11) is -3.56. The van der Waals surface area contributed by atoms with Crippen molar-refractivity contribution in [2.45, 2.75) is 11.7 Å². The monoisotopic (exact) mass is 331 g/mol. The topological polar surface area (TPSA) is 75.8 Å².